The molecule has 0 saturated heterocycles. The molecule has 4 rings (SSSR count). The Hall–Kier alpha value is -0.560. The van der Waals surface area contributed by atoms with Gasteiger partial charge < -0.3 is 5.11 Å². The lowest BCUT2D eigenvalue weighted by molar-refractivity contribution is 0.0145. The van der Waals surface area contributed by atoms with Gasteiger partial charge in [0.05, 0.1) is 6.10 Å². The molecule has 0 amide bonds. The van der Waals surface area contributed by atoms with Crippen LogP contribution >= 0.6 is 0 Å². The first-order valence-corrected chi connectivity index (χ1v) is 12.3. The van der Waals surface area contributed by atoms with Gasteiger partial charge in [-0.25, -0.2) is 0 Å². The van der Waals surface area contributed by atoms with E-state index < -0.39 is 0 Å². The van der Waals surface area contributed by atoms with Crippen molar-refractivity contribution in [1.82, 2.24) is 0 Å². The average molecular weight is 385 g/mol. The van der Waals surface area contributed by atoms with Gasteiger partial charge in [0.15, 0.2) is 0 Å². The van der Waals surface area contributed by atoms with Gasteiger partial charge in [0.1, 0.15) is 0 Å². The van der Waals surface area contributed by atoms with Gasteiger partial charge in [-0.1, -0.05) is 57.9 Å². The second kappa shape index (κ2) is 7.60. The van der Waals surface area contributed by atoms with Crippen LogP contribution in [0.5, 0.6) is 0 Å². The highest BCUT2D eigenvalue weighted by Gasteiger charge is 2.55. The third kappa shape index (κ3) is 3.34. The molecular formula is C27H44O. The Morgan fingerprint density at radius 3 is 2.57 bits per heavy atom. The average Bonchev–Trinajstić information content (AvgIpc) is 2.99. The van der Waals surface area contributed by atoms with E-state index in [4.69, 9.17) is 0 Å². The van der Waals surface area contributed by atoms with Crippen molar-refractivity contribution in [1.29, 1.82) is 0 Å². The van der Waals surface area contributed by atoms with Crippen LogP contribution in [0.25, 0.3) is 0 Å². The monoisotopic (exact) mass is 384 g/mol. The first-order valence-electron chi connectivity index (χ1n) is 12.3. The maximum Gasteiger partial charge on any atom is 0.0543 e. The Morgan fingerprint density at radius 2 is 1.82 bits per heavy atom. The standard InChI is InChI=1S/C27H44O/c1-18(2)7-6-8-19(3)23-11-12-24-22-10-9-20-17-21(28)13-15-26(20,4)25(22)14-16-27(23,24)5/h6,8,18-21,23-24,28H,7,9-17H2,1-5H3. The molecule has 28 heavy (non-hydrogen) atoms. The van der Waals surface area contributed by atoms with Gasteiger partial charge in [0.25, 0.3) is 0 Å². The Bertz CT molecular complexity index is 643. The third-order valence-corrected chi connectivity index (χ3v) is 9.72. The molecule has 0 aromatic rings. The van der Waals surface area contributed by atoms with Gasteiger partial charge in [-0.05, 0) is 105 Å². The van der Waals surface area contributed by atoms with Crippen LogP contribution in [0.2, 0.25) is 0 Å². The minimum atomic E-state index is -0.0385. The summed E-state index contributed by atoms with van der Waals surface area (Å²) in [5.41, 5.74) is 4.67. The van der Waals surface area contributed by atoms with Crippen molar-refractivity contribution >= 4 is 0 Å². The molecule has 7 atom stereocenters. The third-order valence-electron chi connectivity index (χ3n) is 9.72. The number of aliphatic hydroxyl groups excluding tert-OH is 1. The molecule has 0 aliphatic heterocycles. The highest BCUT2D eigenvalue weighted by molar-refractivity contribution is 5.34. The molecule has 1 heteroatoms. The predicted molar refractivity (Wildman–Crippen MR) is 119 cm³/mol. The maximum absolute atomic E-state index is 10.2. The maximum atomic E-state index is 10.2. The van der Waals surface area contributed by atoms with E-state index in [-0.39, 0.29) is 6.10 Å². The fraction of sp³-hybridized carbons (Fsp3) is 0.852. The molecule has 4 aliphatic rings. The number of aliphatic hydroxyl groups is 1. The lowest BCUT2D eigenvalue weighted by Crippen LogP contribution is -2.45. The van der Waals surface area contributed by atoms with Crippen molar-refractivity contribution in [3.8, 4) is 0 Å². The zero-order valence-corrected chi connectivity index (χ0v) is 19.1. The minimum absolute atomic E-state index is 0.0385. The Balaban J connectivity index is 1.56. The molecule has 7 unspecified atom stereocenters. The summed E-state index contributed by atoms with van der Waals surface area (Å²) in [6.07, 6.45) is 17.7. The van der Waals surface area contributed by atoms with Gasteiger partial charge in [0, 0.05) is 0 Å². The summed E-state index contributed by atoms with van der Waals surface area (Å²) in [5, 5.41) is 10.2. The molecule has 1 N–H and O–H groups in total. The second-order valence-electron chi connectivity index (χ2n) is 11.7. The fourth-order valence-corrected chi connectivity index (χ4v) is 8.04. The minimum Gasteiger partial charge on any atom is -0.393 e. The molecule has 0 heterocycles. The summed E-state index contributed by atoms with van der Waals surface area (Å²) in [6, 6.07) is 0. The van der Waals surface area contributed by atoms with Crippen molar-refractivity contribution < 1.29 is 5.11 Å². The molecule has 1 nitrogen and oxygen atoms in total. The first kappa shape index (κ1) is 20.7. The summed E-state index contributed by atoms with van der Waals surface area (Å²) in [6.45, 7) is 12.3. The van der Waals surface area contributed by atoms with E-state index in [1.807, 2.05) is 11.1 Å². The van der Waals surface area contributed by atoms with Gasteiger partial charge in [0.2, 0.25) is 0 Å². The van der Waals surface area contributed by atoms with Crippen LogP contribution < -0.4 is 0 Å². The lowest BCUT2D eigenvalue weighted by atomic mass is 9.50. The van der Waals surface area contributed by atoms with Crippen LogP contribution in [-0.4, -0.2) is 11.2 Å². The molecule has 2 saturated carbocycles. The largest absolute Gasteiger partial charge is 0.393 e. The van der Waals surface area contributed by atoms with Gasteiger partial charge in [-0.2, -0.15) is 0 Å². The molecule has 4 aliphatic carbocycles. The highest BCUT2D eigenvalue weighted by atomic mass is 16.3. The van der Waals surface area contributed by atoms with E-state index in [1.54, 1.807) is 0 Å². The van der Waals surface area contributed by atoms with Crippen molar-refractivity contribution in [3.05, 3.63) is 23.3 Å². The molecule has 0 aromatic carbocycles. The van der Waals surface area contributed by atoms with Gasteiger partial charge in [-0.3, -0.25) is 0 Å². The number of hydrogen-bond acceptors (Lipinski definition) is 1. The molecule has 0 spiro atoms. The molecule has 2 fully saturated rings. The normalized spacial score (nSPS) is 44.5. The number of hydrogen-bond donors (Lipinski definition) is 1. The van der Waals surface area contributed by atoms with E-state index in [0.29, 0.717) is 16.7 Å². The second-order valence-corrected chi connectivity index (χ2v) is 11.7. The number of rotatable bonds is 4. The van der Waals surface area contributed by atoms with Crippen LogP contribution in [0.4, 0.5) is 0 Å². The Kier molecular flexibility index (Phi) is 5.62. The summed E-state index contributed by atoms with van der Waals surface area (Å²) < 4.78 is 0. The number of fused-ring (bicyclic) bond motifs is 4. The van der Waals surface area contributed by atoms with E-state index >= 15 is 0 Å². The summed E-state index contributed by atoms with van der Waals surface area (Å²) in [4.78, 5) is 0. The summed E-state index contributed by atoms with van der Waals surface area (Å²) >= 11 is 0. The summed E-state index contributed by atoms with van der Waals surface area (Å²) in [5.74, 6) is 3.91. The molecule has 0 radical (unpaired) electrons. The van der Waals surface area contributed by atoms with E-state index in [9.17, 15) is 5.11 Å². The predicted octanol–water partition coefficient (Wildman–Crippen LogP) is 7.31. The van der Waals surface area contributed by atoms with E-state index in [2.05, 4.69) is 46.8 Å². The number of allylic oxidation sites excluding steroid dienone is 4. The first-order chi connectivity index (χ1) is 13.3. The van der Waals surface area contributed by atoms with Crippen molar-refractivity contribution in [3.63, 3.8) is 0 Å². The fourth-order valence-electron chi connectivity index (χ4n) is 8.04. The van der Waals surface area contributed by atoms with Crippen molar-refractivity contribution in [2.45, 2.75) is 105 Å². The topological polar surface area (TPSA) is 20.2 Å². The van der Waals surface area contributed by atoms with Crippen LogP contribution in [0.15, 0.2) is 23.3 Å². The van der Waals surface area contributed by atoms with E-state index in [0.717, 1.165) is 36.5 Å². The SMILES string of the molecule is CC(C)CC=CC(C)C1CCC2C3=C(CCC21C)C1(C)CCC(O)CC1CC3. The molecule has 158 valence electrons. The van der Waals surface area contributed by atoms with Gasteiger partial charge >= 0.3 is 0 Å². The highest BCUT2D eigenvalue weighted by Crippen LogP contribution is 2.65. The zero-order valence-electron chi connectivity index (χ0n) is 19.1. The summed E-state index contributed by atoms with van der Waals surface area (Å²) in [7, 11) is 0. The van der Waals surface area contributed by atoms with Crippen LogP contribution in [-0.2, 0) is 0 Å². The lowest BCUT2D eigenvalue weighted by Gasteiger charge is -2.55. The van der Waals surface area contributed by atoms with Gasteiger partial charge in [-0.15, -0.1) is 0 Å². The van der Waals surface area contributed by atoms with E-state index in [1.165, 1.54) is 51.4 Å². The van der Waals surface area contributed by atoms with Crippen LogP contribution in [0, 0.1) is 40.4 Å². The van der Waals surface area contributed by atoms with Crippen LogP contribution in [0.1, 0.15) is 98.8 Å². The van der Waals surface area contributed by atoms with Crippen molar-refractivity contribution in [2.75, 3.05) is 0 Å². The molecule has 0 aromatic heterocycles. The molecular weight excluding hydrogens is 340 g/mol. The Morgan fingerprint density at radius 1 is 1.04 bits per heavy atom. The smallest absolute Gasteiger partial charge is 0.0543 e. The zero-order chi connectivity index (χ0) is 20.1. The molecule has 0 bridgehead atoms. The van der Waals surface area contributed by atoms with Crippen molar-refractivity contribution in [2.24, 2.45) is 40.4 Å². The Labute approximate surface area is 174 Å². The van der Waals surface area contributed by atoms with Crippen LogP contribution in [0.3, 0.4) is 0 Å². The quantitative estimate of drug-likeness (QED) is 0.504.